The molecule has 0 aliphatic heterocycles. The first-order valence-corrected chi connectivity index (χ1v) is 4.81. The van der Waals surface area contributed by atoms with Crippen LogP contribution in [0, 0.1) is 0 Å². The first-order valence-electron chi connectivity index (χ1n) is 4.43. The molecule has 2 aromatic rings. The van der Waals surface area contributed by atoms with Gasteiger partial charge in [0.1, 0.15) is 0 Å². The number of aromatic nitrogens is 1. The summed E-state index contributed by atoms with van der Waals surface area (Å²) in [6.07, 6.45) is 3.38. The monoisotopic (exact) mass is 220 g/mol. The lowest BCUT2D eigenvalue weighted by Gasteiger charge is -2.07. The molecular weight excluding hydrogens is 212 g/mol. The molecule has 0 aliphatic rings. The molecule has 0 fully saturated rings. The third-order valence-corrected chi connectivity index (χ3v) is 2.01. The van der Waals surface area contributed by atoms with E-state index < -0.39 is 0 Å². The summed E-state index contributed by atoms with van der Waals surface area (Å²) in [4.78, 5) is 9.25. The van der Waals surface area contributed by atoms with E-state index in [4.69, 9.17) is 16.4 Å². The number of halogens is 1. The first kappa shape index (κ1) is 9.80. The van der Waals surface area contributed by atoms with Crippen LogP contribution in [0.1, 0.15) is 0 Å². The zero-order valence-electron chi connectivity index (χ0n) is 7.85. The topological polar surface area (TPSA) is 34.1 Å². The highest BCUT2D eigenvalue weighted by Crippen LogP contribution is 2.16. The van der Waals surface area contributed by atoms with Crippen molar-refractivity contribution in [3.8, 4) is 5.75 Å². The highest BCUT2D eigenvalue weighted by atomic mass is 35.5. The molecule has 15 heavy (non-hydrogen) atoms. The quantitative estimate of drug-likeness (QED) is 0.807. The number of hydrogen-bond donors (Lipinski definition) is 1. The van der Waals surface area contributed by atoms with Crippen LogP contribution in [0.15, 0.2) is 48.8 Å². The van der Waals surface area contributed by atoms with E-state index in [9.17, 15) is 0 Å². The van der Waals surface area contributed by atoms with E-state index in [1.807, 2.05) is 12.1 Å². The SMILES string of the molecule is Clc1ccc(ONc2cccnc2)cc1. The van der Waals surface area contributed by atoms with E-state index in [0.717, 1.165) is 5.69 Å². The summed E-state index contributed by atoms with van der Waals surface area (Å²) >= 11 is 5.74. The Morgan fingerprint density at radius 3 is 2.60 bits per heavy atom. The zero-order valence-corrected chi connectivity index (χ0v) is 8.61. The van der Waals surface area contributed by atoms with Crippen molar-refractivity contribution in [3.05, 3.63) is 53.8 Å². The summed E-state index contributed by atoms with van der Waals surface area (Å²) in [5.41, 5.74) is 3.57. The fraction of sp³-hybridized carbons (Fsp3) is 0. The van der Waals surface area contributed by atoms with E-state index >= 15 is 0 Å². The maximum Gasteiger partial charge on any atom is 0.155 e. The lowest BCUT2D eigenvalue weighted by atomic mass is 10.3. The van der Waals surface area contributed by atoms with Gasteiger partial charge in [-0.2, -0.15) is 0 Å². The van der Waals surface area contributed by atoms with Crippen LogP contribution in [0.5, 0.6) is 5.75 Å². The van der Waals surface area contributed by atoms with E-state index in [-0.39, 0.29) is 0 Å². The normalized spacial score (nSPS) is 9.67. The Morgan fingerprint density at radius 1 is 1.13 bits per heavy atom. The summed E-state index contributed by atoms with van der Waals surface area (Å²) < 4.78 is 0. The molecule has 0 spiro atoms. The molecule has 76 valence electrons. The van der Waals surface area contributed by atoms with Crippen LogP contribution in [-0.4, -0.2) is 4.98 Å². The molecule has 0 radical (unpaired) electrons. The molecule has 0 bridgehead atoms. The lowest BCUT2D eigenvalue weighted by Crippen LogP contribution is -2.04. The van der Waals surface area contributed by atoms with Gasteiger partial charge < -0.3 is 4.84 Å². The second kappa shape index (κ2) is 4.66. The van der Waals surface area contributed by atoms with Crippen LogP contribution < -0.4 is 10.3 Å². The molecule has 0 amide bonds. The van der Waals surface area contributed by atoms with Gasteiger partial charge in [-0.15, -0.1) is 0 Å². The van der Waals surface area contributed by atoms with Crippen LogP contribution in [0.4, 0.5) is 5.69 Å². The molecule has 0 atom stereocenters. The van der Waals surface area contributed by atoms with Gasteiger partial charge in [0.05, 0.1) is 11.9 Å². The lowest BCUT2D eigenvalue weighted by molar-refractivity contribution is 0.405. The minimum Gasteiger partial charge on any atom is -0.382 e. The molecule has 1 heterocycles. The van der Waals surface area contributed by atoms with E-state index in [2.05, 4.69) is 10.5 Å². The highest BCUT2D eigenvalue weighted by Gasteiger charge is 1.94. The second-order valence-corrected chi connectivity index (χ2v) is 3.34. The van der Waals surface area contributed by atoms with E-state index in [1.54, 1.807) is 36.7 Å². The Morgan fingerprint density at radius 2 is 1.93 bits per heavy atom. The van der Waals surface area contributed by atoms with Crippen LogP contribution in [0.2, 0.25) is 5.02 Å². The fourth-order valence-corrected chi connectivity index (χ4v) is 1.17. The number of hydrogen-bond acceptors (Lipinski definition) is 3. The Labute approximate surface area is 92.6 Å². The van der Waals surface area contributed by atoms with Crippen molar-refractivity contribution in [2.24, 2.45) is 0 Å². The van der Waals surface area contributed by atoms with Gasteiger partial charge in [-0.05, 0) is 36.4 Å². The second-order valence-electron chi connectivity index (χ2n) is 2.90. The summed E-state index contributed by atoms with van der Waals surface area (Å²) in [7, 11) is 0. The minimum absolute atomic E-state index is 0.684. The van der Waals surface area contributed by atoms with Gasteiger partial charge >= 0.3 is 0 Å². The summed E-state index contributed by atoms with van der Waals surface area (Å²) in [5.74, 6) is 0.697. The number of benzene rings is 1. The molecule has 1 aromatic carbocycles. The molecule has 0 unspecified atom stereocenters. The molecule has 4 heteroatoms. The van der Waals surface area contributed by atoms with Crippen LogP contribution in [-0.2, 0) is 0 Å². The molecule has 1 N–H and O–H groups in total. The Hall–Kier alpha value is -1.74. The van der Waals surface area contributed by atoms with Gasteiger partial charge in [0.25, 0.3) is 0 Å². The van der Waals surface area contributed by atoms with E-state index in [1.165, 1.54) is 0 Å². The molecule has 0 saturated heterocycles. The van der Waals surface area contributed by atoms with Crippen molar-refractivity contribution in [2.75, 3.05) is 5.48 Å². The first-order chi connectivity index (χ1) is 7.34. The Kier molecular flexibility index (Phi) is 3.05. The average molecular weight is 221 g/mol. The number of rotatable bonds is 3. The van der Waals surface area contributed by atoms with Crippen molar-refractivity contribution in [2.45, 2.75) is 0 Å². The smallest absolute Gasteiger partial charge is 0.155 e. The third kappa shape index (κ3) is 2.86. The summed E-state index contributed by atoms with van der Waals surface area (Å²) in [6, 6.07) is 10.8. The van der Waals surface area contributed by atoms with Gasteiger partial charge in [-0.1, -0.05) is 11.6 Å². The van der Waals surface area contributed by atoms with Crippen molar-refractivity contribution < 1.29 is 4.84 Å². The maximum absolute atomic E-state index is 5.74. The molecule has 0 saturated carbocycles. The number of nitrogens with zero attached hydrogens (tertiary/aromatic N) is 1. The molecule has 1 aromatic heterocycles. The molecular formula is C11H9ClN2O. The molecule has 0 aliphatic carbocycles. The predicted octanol–water partition coefficient (Wildman–Crippen LogP) is 3.14. The largest absolute Gasteiger partial charge is 0.382 e. The van der Waals surface area contributed by atoms with Gasteiger partial charge in [0.2, 0.25) is 0 Å². The number of anilines is 1. The van der Waals surface area contributed by atoms with Crippen molar-refractivity contribution in [1.29, 1.82) is 0 Å². The summed E-state index contributed by atoms with van der Waals surface area (Å²) in [5, 5.41) is 0.684. The van der Waals surface area contributed by atoms with Gasteiger partial charge in [0, 0.05) is 11.2 Å². The predicted molar refractivity (Wildman–Crippen MR) is 59.9 cm³/mol. The minimum atomic E-state index is 0.684. The third-order valence-electron chi connectivity index (χ3n) is 1.76. The van der Waals surface area contributed by atoms with Gasteiger partial charge in [0.15, 0.2) is 5.75 Å². The van der Waals surface area contributed by atoms with Gasteiger partial charge in [-0.25, -0.2) is 5.48 Å². The summed E-state index contributed by atoms with van der Waals surface area (Å²) in [6.45, 7) is 0. The molecule has 3 nitrogen and oxygen atoms in total. The highest BCUT2D eigenvalue weighted by molar-refractivity contribution is 6.30. The molecule has 2 rings (SSSR count). The van der Waals surface area contributed by atoms with Crippen molar-refractivity contribution in [1.82, 2.24) is 4.98 Å². The van der Waals surface area contributed by atoms with Crippen molar-refractivity contribution in [3.63, 3.8) is 0 Å². The zero-order chi connectivity index (χ0) is 10.5. The Bertz CT molecular complexity index is 416. The average Bonchev–Trinajstić information content (AvgIpc) is 2.30. The van der Waals surface area contributed by atoms with Crippen LogP contribution in [0.3, 0.4) is 0 Å². The van der Waals surface area contributed by atoms with Crippen molar-refractivity contribution >= 4 is 17.3 Å². The van der Waals surface area contributed by atoms with E-state index in [0.29, 0.717) is 10.8 Å². The number of nitrogens with one attached hydrogen (secondary N) is 1. The number of pyridine rings is 1. The van der Waals surface area contributed by atoms with Gasteiger partial charge in [-0.3, -0.25) is 4.98 Å². The van der Waals surface area contributed by atoms with Crippen LogP contribution >= 0.6 is 11.6 Å². The van der Waals surface area contributed by atoms with Crippen LogP contribution in [0.25, 0.3) is 0 Å². The Balaban J connectivity index is 1.96. The maximum atomic E-state index is 5.74. The standard InChI is InChI=1S/C11H9ClN2O/c12-9-3-5-11(6-4-9)15-14-10-2-1-7-13-8-10/h1-8,14H. The fourth-order valence-electron chi connectivity index (χ4n) is 1.04.